The van der Waals surface area contributed by atoms with Crippen LogP contribution in [-0.2, 0) is 11.2 Å². The monoisotopic (exact) mass is 288 g/mol. The lowest BCUT2D eigenvalue weighted by atomic mass is 10.1. The molecular formula is C16H20N2OS. The second-order valence-corrected chi connectivity index (χ2v) is 6.16. The van der Waals surface area contributed by atoms with Crippen molar-refractivity contribution >= 4 is 11.3 Å². The molecular weight excluding hydrogens is 268 g/mol. The molecule has 4 heteroatoms. The number of hydrogen-bond acceptors (Lipinski definition) is 4. The maximum atomic E-state index is 5.78. The Kier molecular flexibility index (Phi) is 4.45. The lowest BCUT2D eigenvalue weighted by Crippen LogP contribution is -2.09. The van der Waals surface area contributed by atoms with Gasteiger partial charge in [-0.2, -0.15) is 0 Å². The summed E-state index contributed by atoms with van der Waals surface area (Å²) < 4.78 is 5.78. The summed E-state index contributed by atoms with van der Waals surface area (Å²) in [5.41, 5.74) is 2.34. The molecule has 0 radical (unpaired) electrons. The molecule has 1 atom stereocenters. The van der Waals surface area contributed by atoms with E-state index in [0.29, 0.717) is 0 Å². The number of likely N-dealkylation sites (N-methyl/N-ethyl adjacent to an activating group) is 1. The van der Waals surface area contributed by atoms with Crippen molar-refractivity contribution < 1.29 is 4.74 Å². The fourth-order valence-corrected chi connectivity index (χ4v) is 3.68. The van der Waals surface area contributed by atoms with Crippen molar-refractivity contribution in [2.24, 2.45) is 0 Å². The fraction of sp³-hybridized carbons (Fsp3) is 0.438. The zero-order chi connectivity index (χ0) is 13.8. The topological polar surface area (TPSA) is 34.1 Å². The summed E-state index contributed by atoms with van der Waals surface area (Å²) in [6, 6.07) is 10.5. The average molecular weight is 288 g/mol. The predicted molar refractivity (Wildman–Crippen MR) is 83.1 cm³/mol. The van der Waals surface area contributed by atoms with E-state index in [2.05, 4.69) is 29.6 Å². The van der Waals surface area contributed by atoms with Crippen LogP contribution in [0.1, 0.15) is 28.8 Å². The Balaban J connectivity index is 1.93. The summed E-state index contributed by atoms with van der Waals surface area (Å²) >= 11 is 1.82. The molecule has 0 amide bonds. The number of aromatic nitrogens is 1. The van der Waals surface area contributed by atoms with Gasteiger partial charge in [-0.25, -0.2) is 4.98 Å². The number of nitrogens with zero attached hydrogens (tertiary/aromatic N) is 1. The molecule has 1 aromatic carbocycles. The van der Waals surface area contributed by atoms with Gasteiger partial charge in [-0.1, -0.05) is 30.3 Å². The maximum absolute atomic E-state index is 5.78. The van der Waals surface area contributed by atoms with Crippen LogP contribution >= 0.6 is 11.3 Å². The Bertz CT molecular complexity index is 547. The first kappa shape index (κ1) is 13.7. The van der Waals surface area contributed by atoms with Crippen LogP contribution in [-0.4, -0.2) is 25.2 Å². The Labute approximate surface area is 124 Å². The molecule has 3 rings (SSSR count). The number of ether oxygens (including phenoxy) is 1. The van der Waals surface area contributed by atoms with Gasteiger partial charge in [-0.15, -0.1) is 11.3 Å². The van der Waals surface area contributed by atoms with Crippen molar-refractivity contribution in [2.45, 2.75) is 25.4 Å². The molecule has 106 valence electrons. The highest BCUT2D eigenvalue weighted by Gasteiger charge is 2.23. The van der Waals surface area contributed by atoms with Gasteiger partial charge < -0.3 is 10.1 Å². The van der Waals surface area contributed by atoms with E-state index in [4.69, 9.17) is 9.72 Å². The number of hydrogen-bond donors (Lipinski definition) is 1. The van der Waals surface area contributed by atoms with Crippen LogP contribution in [0.25, 0.3) is 11.3 Å². The van der Waals surface area contributed by atoms with E-state index in [1.54, 1.807) is 0 Å². The molecule has 1 aliphatic rings. The Morgan fingerprint density at radius 3 is 2.90 bits per heavy atom. The van der Waals surface area contributed by atoms with Crippen LogP contribution in [0.2, 0.25) is 0 Å². The molecule has 1 saturated heterocycles. The summed E-state index contributed by atoms with van der Waals surface area (Å²) in [6.07, 6.45) is 3.49. The Hall–Kier alpha value is -1.23. The molecule has 3 nitrogen and oxygen atoms in total. The summed E-state index contributed by atoms with van der Waals surface area (Å²) in [5.74, 6) is 0. The maximum Gasteiger partial charge on any atom is 0.122 e. The number of nitrogens with one attached hydrogen (secondary N) is 1. The third kappa shape index (κ3) is 2.92. The van der Waals surface area contributed by atoms with Crippen molar-refractivity contribution in [1.29, 1.82) is 0 Å². The van der Waals surface area contributed by atoms with Crippen LogP contribution in [0.5, 0.6) is 0 Å². The van der Waals surface area contributed by atoms with Gasteiger partial charge in [0.25, 0.3) is 0 Å². The SMILES string of the molecule is CNCCc1sc(C2CCCO2)nc1-c1ccccc1. The molecule has 1 fully saturated rings. The lowest BCUT2D eigenvalue weighted by molar-refractivity contribution is 0.112. The molecule has 0 aliphatic carbocycles. The van der Waals surface area contributed by atoms with Gasteiger partial charge in [-0.3, -0.25) is 0 Å². The predicted octanol–water partition coefficient (Wildman–Crippen LogP) is 3.42. The summed E-state index contributed by atoms with van der Waals surface area (Å²) in [7, 11) is 1.99. The van der Waals surface area contributed by atoms with Gasteiger partial charge in [0.15, 0.2) is 0 Å². The van der Waals surface area contributed by atoms with Crippen LogP contribution in [0, 0.1) is 0 Å². The standard InChI is InChI=1S/C16H20N2OS/c1-17-10-9-14-15(12-6-3-2-4-7-12)18-16(20-14)13-8-5-11-19-13/h2-4,6-7,13,17H,5,8-11H2,1H3. The molecule has 1 aliphatic heterocycles. The Morgan fingerprint density at radius 2 is 2.20 bits per heavy atom. The molecule has 0 saturated carbocycles. The van der Waals surface area contributed by atoms with E-state index < -0.39 is 0 Å². The van der Waals surface area contributed by atoms with E-state index in [0.717, 1.165) is 43.1 Å². The highest BCUT2D eigenvalue weighted by atomic mass is 32.1. The molecule has 20 heavy (non-hydrogen) atoms. The molecule has 1 unspecified atom stereocenters. The second-order valence-electron chi connectivity index (χ2n) is 5.05. The molecule has 1 N–H and O–H groups in total. The number of benzene rings is 1. The molecule has 2 heterocycles. The highest BCUT2D eigenvalue weighted by molar-refractivity contribution is 7.12. The van der Waals surface area contributed by atoms with Gasteiger partial charge in [0.2, 0.25) is 0 Å². The van der Waals surface area contributed by atoms with Crippen molar-refractivity contribution in [3.8, 4) is 11.3 Å². The van der Waals surface area contributed by atoms with E-state index >= 15 is 0 Å². The first-order valence-electron chi connectivity index (χ1n) is 7.19. The zero-order valence-electron chi connectivity index (χ0n) is 11.8. The smallest absolute Gasteiger partial charge is 0.122 e. The third-order valence-electron chi connectivity index (χ3n) is 3.57. The largest absolute Gasteiger partial charge is 0.371 e. The van der Waals surface area contributed by atoms with Crippen LogP contribution in [0.15, 0.2) is 30.3 Å². The lowest BCUT2D eigenvalue weighted by Gasteiger charge is -2.03. The molecule has 1 aromatic heterocycles. The quantitative estimate of drug-likeness (QED) is 0.915. The minimum atomic E-state index is 0.214. The fourth-order valence-electron chi connectivity index (χ4n) is 2.51. The first-order chi connectivity index (χ1) is 9.88. The minimum absolute atomic E-state index is 0.214. The van der Waals surface area contributed by atoms with Crippen molar-refractivity contribution in [2.75, 3.05) is 20.2 Å². The van der Waals surface area contributed by atoms with Crippen molar-refractivity contribution in [3.05, 3.63) is 40.2 Å². The van der Waals surface area contributed by atoms with E-state index in [1.165, 1.54) is 10.4 Å². The van der Waals surface area contributed by atoms with Gasteiger partial charge in [0.05, 0.1) is 5.69 Å². The number of thiazole rings is 1. The molecule has 0 spiro atoms. The summed E-state index contributed by atoms with van der Waals surface area (Å²) in [6.45, 7) is 1.85. The van der Waals surface area contributed by atoms with E-state index in [1.807, 2.05) is 24.5 Å². The summed E-state index contributed by atoms with van der Waals surface area (Å²) in [4.78, 5) is 6.24. The van der Waals surface area contributed by atoms with Gasteiger partial charge in [0.1, 0.15) is 11.1 Å². The Morgan fingerprint density at radius 1 is 1.35 bits per heavy atom. The second kappa shape index (κ2) is 6.48. The molecule has 0 bridgehead atoms. The minimum Gasteiger partial charge on any atom is -0.371 e. The zero-order valence-corrected chi connectivity index (χ0v) is 12.6. The molecule has 2 aromatic rings. The average Bonchev–Trinajstić information content (AvgIpc) is 3.15. The van der Waals surface area contributed by atoms with Crippen molar-refractivity contribution in [3.63, 3.8) is 0 Å². The van der Waals surface area contributed by atoms with Crippen LogP contribution < -0.4 is 5.32 Å². The van der Waals surface area contributed by atoms with Crippen molar-refractivity contribution in [1.82, 2.24) is 10.3 Å². The highest BCUT2D eigenvalue weighted by Crippen LogP contribution is 2.36. The summed E-state index contributed by atoms with van der Waals surface area (Å²) in [5, 5.41) is 4.37. The van der Waals surface area contributed by atoms with Crippen LogP contribution in [0.3, 0.4) is 0 Å². The van der Waals surface area contributed by atoms with E-state index in [9.17, 15) is 0 Å². The normalized spacial score (nSPS) is 18.6. The van der Waals surface area contributed by atoms with E-state index in [-0.39, 0.29) is 6.10 Å². The van der Waals surface area contributed by atoms with Gasteiger partial charge in [-0.05, 0) is 32.9 Å². The number of rotatable bonds is 5. The third-order valence-corrected chi connectivity index (χ3v) is 4.78. The van der Waals surface area contributed by atoms with Gasteiger partial charge in [0, 0.05) is 17.0 Å². The van der Waals surface area contributed by atoms with Gasteiger partial charge >= 0.3 is 0 Å². The van der Waals surface area contributed by atoms with Crippen LogP contribution in [0.4, 0.5) is 0 Å². The first-order valence-corrected chi connectivity index (χ1v) is 8.01.